The minimum Gasteiger partial charge on any atom is -0.493 e. The normalized spacial score (nSPS) is 29.6. The van der Waals surface area contributed by atoms with E-state index in [1.54, 1.807) is 14.2 Å². The Morgan fingerprint density at radius 2 is 2.00 bits per heavy atom. The molecule has 1 aromatic rings. The van der Waals surface area contributed by atoms with E-state index in [1.165, 1.54) is 5.56 Å². The fraction of sp³-hybridized carbons (Fsp3) is 0.571. The van der Waals surface area contributed by atoms with Crippen LogP contribution in [0.25, 0.3) is 0 Å². The summed E-state index contributed by atoms with van der Waals surface area (Å²) >= 11 is 0. The molecule has 1 aliphatic carbocycles. The highest BCUT2D eigenvalue weighted by molar-refractivity contribution is 5.54. The third-order valence-corrected chi connectivity index (χ3v) is 4.31. The van der Waals surface area contributed by atoms with Crippen molar-refractivity contribution in [1.82, 2.24) is 5.32 Å². The predicted octanol–water partition coefficient (Wildman–Crippen LogP) is 1.37. The number of ether oxygens (including phenoxy) is 2. The molecule has 1 fully saturated rings. The van der Waals surface area contributed by atoms with Gasteiger partial charge in [-0.25, -0.2) is 0 Å². The van der Waals surface area contributed by atoms with Gasteiger partial charge in [0.25, 0.3) is 0 Å². The maximum Gasteiger partial charge on any atom is 0.161 e. The van der Waals surface area contributed by atoms with Crippen molar-refractivity contribution in [3.8, 4) is 11.5 Å². The Morgan fingerprint density at radius 3 is 2.61 bits per heavy atom. The van der Waals surface area contributed by atoms with Crippen LogP contribution in [0.5, 0.6) is 11.5 Å². The SMILES string of the molecule is COc1cc2c(cc1OC)C1(CCNC1)CC2O. The minimum absolute atomic E-state index is 0.0777. The molecule has 2 atom stereocenters. The number of benzene rings is 1. The van der Waals surface area contributed by atoms with Crippen molar-refractivity contribution in [3.05, 3.63) is 23.3 Å². The van der Waals surface area contributed by atoms with Gasteiger partial charge in [0.05, 0.1) is 20.3 Å². The Bertz CT molecular complexity index is 466. The Morgan fingerprint density at radius 1 is 1.28 bits per heavy atom. The molecule has 0 amide bonds. The van der Waals surface area contributed by atoms with Gasteiger partial charge in [0.15, 0.2) is 11.5 Å². The highest BCUT2D eigenvalue weighted by atomic mass is 16.5. The van der Waals surface area contributed by atoms with Gasteiger partial charge in [0, 0.05) is 12.0 Å². The molecule has 0 bridgehead atoms. The van der Waals surface area contributed by atoms with Crippen molar-refractivity contribution in [1.29, 1.82) is 0 Å². The lowest BCUT2D eigenvalue weighted by Crippen LogP contribution is -2.26. The second kappa shape index (κ2) is 4.14. The van der Waals surface area contributed by atoms with E-state index in [1.807, 2.05) is 12.1 Å². The molecule has 1 heterocycles. The van der Waals surface area contributed by atoms with E-state index in [-0.39, 0.29) is 11.5 Å². The summed E-state index contributed by atoms with van der Waals surface area (Å²) in [5, 5.41) is 13.7. The van der Waals surface area contributed by atoms with Crippen LogP contribution in [0.15, 0.2) is 12.1 Å². The molecule has 98 valence electrons. The van der Waals surface area contributed by atoms with Crippen molar-refractivity contribution >= 4 is 0 Å². The van der Waals surface area contributed by atoms with Crippen LogP contribution in [0.1, 0.15) is 30.1 Å². The highest BCUT2D eigenvalue weighted by Gasteiger charge is 2.45. The molecule has 0 saturated carbocycles. The Hall–Kier alpha value is -1.26. The van der Waals surface area contributed by atoms with Crippen LogP contribution in [-0.2, 0) is 5.41 Å². The number of aliphatic hydroxyl groups is 1. The molecule has 2 aliphatic rings. The lowest BCUT2D eigenvalue weighted by molar-refractivity contribution is 0.158. The first kappa shape index (κ1) is 11.8. The average molecular weight is 249 g/mol. The first-order chi connectivity index (χ1) is 8.70. The molecule has 1 aliphatic heterocycles. The smallest absolute Gasteiger partial charge is 0.161 e. The van der Waals surface area contributed by atoms with Gasteiger partial charge in [-0.3, -0.25) is 0 Å². The van der Waals surface area contributed by atoms with Gasteiger partial charge in [-0.1, -0.05) is 0 Å². The third kappa shape index (κ3) is 1.52. The van der Waals surface area contributed by atoms with Crippen LogP contribution >= 0.6 is 0 Å². The summed E-state index contributed by atoms with van der Waals surface area (Å²) in [6.07, 6.45) is 1.48. The summed E-state index contributed by atoms with van der Waals surface area (Å²) in [6, 6.07) is 3.96. The molecular weight excluding hydrogens is 230 g/mol. The van der Waals surface area contributed by atoms with Crippen molar-refractivity contribution < 1.29 is 14.6 Å². The quantitative estimate of drug-likeness (QED) is 0.831. The summed E-state index contributed by atoms with van der Waals surface area (Å²) in [5.41, 5.74) is 2.29. The molecule has 3 rings (SSSR count). The second-order valence-electron chi connectivity index (χ2n) is 5.22. The molecule has 2 N–H and O–H groups in total. The third-order valence-electron chi connectivity index (χ3n) is 4.31. The van der Waals surface area contributed by atoms with Crippen molar-refractivity contribution in [3.63, 3.8) is 0 Å². The van der Waals surface area contributed by atoms with Gasteiger partial charge in [-0.05, 0) is 42.6 Å². The van der Waals surface area contributed by atoms with E-state index < -0.39 is 0 Å². The van der Waals surface area contributed by atoms with E-state index in [0.29, 0.717) is 5.75 Å². The molecule has 0 radical (unpaired) electrons. The minimum atomic E-state index is -0.389. The van der Waals surface area contributed by atoms with E-state index in [4.69, 9.17) is 9.47 Å². The standard InChI is InChI=1S/C14H19NO3/c1-17-12-5-9-10(6-13(12)18-2)14(7-11(9)16)3-4-15-8-14/h5-6,11,15-16H,3-4,7-8H2,1-2H3. The molecular formula is C14H19NO3. The monoisotopic (exact) mass is 249 g/mol. The van der Waals surface area contributed by atoms with Crippen LogP contribution in [0.4, 0.5) is 0 Å². The second-order valence-corrected chi connectivity index (χ2v) is 5.22. The largest absolute Gasteiger partial charge is 0.493 e. The lowest BCUT2D eigenvalue weighted by Gasteiger charge is -2.24. The topological polar surface area (TPSA) is 50.7 Å². The van der Waals surface area contributed by atoms with Crippen LogP contribution < -0.4 is 14.8 Å². The van der Waals surface area contributed by atoms with Crippen molar-refractivity contribution in [2.45, 2.75) is 24.4 Å². The maximum atomic E-state index is 10.3. The molecule has 4 heteroatoms. The number of fused-ring (bicyclic) bond motifs is 2. The van der Waals surface area contributed by atoms with Gasteiger partial charge in [0.1, 0.15) is 0 Å². The van der Waals surface area contributed by atoms with E-state index in [2.05, 4.69) is 5.32 Å². The predicted molar refractivity (Wildman–Crippen MR) is 68.3 cm³/mol. The lowest BCUT2D eigenvalue weighted by atomic mass is 9.81. The number of methoxy groups -OCH3 is 2. The summed E-state index contributed by atoms with van der Waals surface area (Å²) in [6.45, 7) is 1.95. The summed E-state index contributed by atoms with van der Waals surface area (Å²) in [5.74, 6) is 1.44. The first-order valence-corrected chi connectivity index (χ1v) is 6.35. The number of rotatable bonds is 2. The van der Waals surface area contributed by atoms with E-state index in [9.17, 15) is 5.11 Å². The molecule has 18 heavy (non-hydrogen) atoms. The number of nitrogens with one attached hydrogen (secondary N) is 1. The Kier molecular flexibility index (Phi) is 2.72. The molecule has 0 aromatic heterocycles. The van der Waals surface area contributed by atoms with Crippen LogP contribution in [0.3, 0.4) is 0 Å². The van der Waals surface area contributed by atoms with Gasteiger partial charge >= 0.3 is 0 Å². The van der Waals surface area contributed by atoms with Crippen molar-refractivity contribution in [2.75, 3.05) is 27.3 Å². The van der Waals surface area contributed by atoms with E-state index >= 15 is 0 Å². The maximum absolute atomic E-state index is 10.3. The van der Waals surface area contributed by atoms with E-state index in [0.717, 1.165) is 37.2 Å². The zero-order chi connectivity index (χ0) is 12.8. The Labute approximate surface area is 107 Å². The number of hydrogen-bond acceptors (Lipinski definition) is 4. The Balaban J connectivity index is 2.13. The number of hydrogen-bond donors (Lipinski definition) is 2. The van der Waals surface area contributed by atoms with Crippen LogP contribution in [0, 0.1) is 0 Å². The molecule has 1 saturated heterocycles. The van der Waals surface area contributed by atoms with Gasteiger partial charge in [-0.2, -0.15) is 0 Å². The van der Waals surface area contributed by atoms with Crippen LogP contribution in [-0.4, -0.2) is 32.4 Å². The fourth-order valence-electron chi connectivity index (χ4n) is 3.37. The highest BCUT2D eigenvalue weighted by Crippen LogP contribution is 2.51. The average Bonchev–Trinajstić information content (AvgIpc) is 2.95. The van der Waals surface area contributed by atoms with Gasteiger partial charge < -0.3 is 19.9 Å². The molecule has 1 aromatic carbocycles. The van der Waals surface area contributed by atoms with Gasteiger partial charge in [0.2, 0.25) is 0 Å². The summed E-state index contributed by atoms with van der Waals surface area (Å²) < 4.78 is 10.7. The fourth-order valence-corrected chi connectivity index (χ4v) is 3.37. The molecule has 1 spiro atoms. The van der Waals surface area contributed by atoms with Crippen molar-refractivity contribution in [2.24, 2.45) is 0 Å². The van der Waals surface area contributed by atoms with Gasteiger partial charge in [-0.15, -0.1) is 0 Å². The first-order valence-electron chi connectivity index (χ1n) is 6.35. The zero-order valence-electron chi connectivity index (χ0n) is 10.8. The van der Waals surface area contributed by atoms with Crippen LogP contribution in [0.2, 0.25) is 0 Å². The summed E-state index contributed by atoms with van der Waals surface area (Å²) in [7, 11) is 3.27. The summed E-state index contributed by atoms with van der Waals surface area (Å²) in [4.78, 5) is 0. The molecule has 4 nitrogen and oxygen atoms in total. The molecule has 2 unspecified atom stereocenters. The zero-order valence-corrected chi connectivity index (χ0v) is 10.8. The number of aliphatic hydroxyl groups excluding tert-OH is 1.